The van der Waals surface area contributed by atoms with Gasteiger partial charge in [0.2, 0.25) is 0 Å². The van der Waals surface area contributed by atoms with Gasteiger partial charge in [0, 0.05) is 11.4 Å². The summed E-state index contributed by atoms with van der Waals surface area (Å²) >= 11 is 1.66. The van der Waals surface area contributed by atoms with Gasteiger partial charge in [0.25, 0.3) is 0 Å². The molecule has 0 spiro atoms. The van der Waals surface area contributed by atoms with Gasteiger partial charge in [0.15, 0.2) is 0 Å². The lowest BCUT2D eigenvalue weighted by molar-refractivity contribution is 0.524. The number of nitrogens with zero attached hydrogens (tertiary/aromatic N) is 1. The summed E-state index contributed by atoms with van der Waals surface area (Å²) in [7, 11) is 0. The first-order valence-corrected chi connectivity index (χ1v) is 7.82. The number of aromatic nitrogens is 1. The van der Waals surface area contributed by atoms with Crippen molar-refractivity contribution in [3.05, 3.63) is 51.7 Å². The summed E-state index contributed by atoms with van der Waals surface area (Å²) < 4.78 is 13.1. The molecule has 0 aliphatic heterocycles. The SMILES string of the molecule is CC(C)NC(c1ccc(F)cc1)c1nc(C(C)C)cs1. The standard InChI is InChI=1S/C16H21FN2S/c1-10(2)14-9-20-16(19-14)15(18-11(3)4)12-5-7-13(17)8-6-12/h5-11,15,18H,1-4H3. The van der Waals surface area contributed by atoms with Crippen molar-refractivity contribution in [1.82, 2.24) is 10.3 Å². The van der Waals surface area contributed by atoms with Crippen LogP contribution in [0.25, 0.3) is 0 Å². The number of nitrogens with one attached hydrogen (secondary N) is 1. The van der Waals surface area contributed by atoms with E-state index in [-0.39, 0.29) is 11.9 Å². The van der Waals surface area contributed by atoms with Crippen LogP contribution < -0.4 is 5.32 Å². The minimum atomic E-state index is -0.209. The van der Waals surface area contributed by atoms with Crippen molar-refractivity contribution in [2.24, 2.45) is 0 Å². The van der Waals surface area contributed by atoms with Crippen molar-refractivity contribution < 1.29 is 4.39 Å². The number of hydrogen-bond acceptors (Lipinski definition) is 3. The molecule has 0 saturated carbocycles. The Labute approximate surface area is 124 Å². The number of halogens is 1. The molecule has 1 aromatic heterocycles. The van der Waals surface area contributed by atoms with Gasteiger partial charge in [-0.05, 0) is 37.5 Å². The molecule has 108 valence electrons. The molecule has 2 aromatic rings. The minimum Gasteiger partial charge on any atom is -0.302 e. The molecular formula is C16H21FN2S. The van der Waals surface area contributed by atoms with Gasteiger partial charge < -0.3 is 5.32 Å². The molecule has 1 heterocycles. The Balaban J connectivity index is 2.33. The van der Waals surface area contributed by atoms with E-state index in [1.54, 1.807) is 11.3 Å². The van der Waals surface area contributed by atoms with Crippen LogP contribution >= 0.6 is 11.3 Å². The molecule has 1 N–H and O–H groups in total. The van der Waals surface area contributed by atoms with Crippen molar-refractivity contribution in [2.75, 3.05) is 0 Å². The van der Waals surface area contributed by atoms with E-state index < -0.39 is 0 Å². The lowest BCUT2D eigenvalue weighted by Gasteiger charge is -2.19. The van der Waals surface area contributed by atoms with E-state index in [0.717, 1.165) is 16.3 Å². The second-order valence-corrected chi connectivity index (χ2v) is 6.46. The fourth-order valence-corrected chi connectivity index (χ4v) is 3.06. The predicted molar refractivity (Wildman–Crippen MR) is 82.7 cm³/mol. The third kappa shape index (κ3) is 3.64. The molecule has 0 fully saturated rings. The molecule has 1 atom stereocenters. The molecule has 0 aliphatic carbocycles. The Kier molecular flexibility index (Phi) is 4.89. The van der Waals surface area contributed by atoms with E-state index in [1.165, 1.54) is 12.1 Å². The van der Waals surface area contributed by atoms with Crippen LogP contribution in [-0.2, 0) is 0 Å². The van der Waals surface area contributed by atoms with Crippen LogP contribution in [0, 0.1) is 5.82 Å². The van der Waals surface area contributed by atoms with Crippen LogP contribution in [0.4, 0.5) is 4.39 Å². The first-order chi connectivity index (χ1) is 9.47. The van der Waals surface area contributed by atoms with Crippen molar-refractivity contribution in [1.29, 1.82) is 0 Å². The maximum absolute atomic E-state index is 13.1. The Hall–Kier alpha value is -1.26. The van der Waals surface area contributed by atoms with E-state index in [0.29, 0.717) is 12.0 Å². The maximum atomic E-state index is 13.1. The zero-order valence-electron chi connectivity index (χ0n) is 12.4. The van der Waals surface area contributed by atoms with Crippen LogP contribution in [-0.4, -0.2) is 11.0 Å². The molecule has 2 rings (SSSR count). The second-order valence-electron chi connectivity index (χ2n) is 5.57. The highest BCUT2D eigenvalue weighted by atomic mass is 32.1. The molecule has 2 nitrogen and oxygen atoms in total. The quantitative estimate of drug-likeness (QED) is 0.878. The van der Waals surface area contributed by atoms with Gasteiger partial charge in [0.05, 0.1) is 11.7 Å². The molecule has 4 heteroatoms. The Bertz CT molecular complexity index is 546. The molecule has 0 radical (unpaired) electrons. The summed E-state index contributed by atoms with van der Waals surface area (Å²) in [6, 6.07) is 7.00. The smallest absolute Gasteiger partial charge is 0.123 e. The van der Waals surface area contributed by atoms with E-state index in [1.807, 2.05) is 12.1 Å². The molecule has 0 amide bonds. The molecule has 1 aromatic carbocycles. The van der Waals surface area contributed by atoms with E-state index in [9.17, 15) is 4.39 Å². The average molecular weight is 292 g/mol. The highest BCUT2D eigenvalue weighted by Crippen LogP contribution is 2.28. The van der Waals surface area contributed by atoms with Crippen molar-refractivity contribution in [2.45, 2.75) is 45.7 Å². The predicted octanol–water partition coefficient (Wildman–Crippen LogP) is 4.49. The highest BCUT2D eigenvalue weighted by molar-refractivity contribution is 7.09. The monoisotopic (exact) mass is 292 g/mol. The summed E-state index contributed by atoms with van der Waals surface area (Å²) in [5.41, 5.74) is 2.16. The van der Waals surface area contributed by atoms with Crippen LogP contribution in [0.5, 0.6) is 0 Å². The third-order valence-electron chi connectivity index (χ3n) is 3.08. The van der Waals surface area contributed by atoms with Crippen LogP contribution in [0.15, 0.2) is 29.6 Å². The van der Waals surface area contributed by atoms with E-state index in [2.05, 4.69) is 38.4 Å². The zero-order valence-corrected chi connectivity index (χ0v) is 13.2. The van der Waals surface area contributed by atoms with E-state index in [4.69, 9.17) is 4.98 Å². The summed E-state index contributed by atoms with van der Waals surface area (Å²) in [4.78, 5) is 4.72. The van der Waals surface area contributed by atoms with Crippen molar-refractivity contribution >= 4 is 11.3 Å². The second kappa shape index (κ2) is 6.46. The number of thiazole rings is 1. The van der Waals surface area contributed by atoms with Gasteiger partial charge >= 0.3 is 0 Å². The Morgan fingerprint density at radius 1 is 1.10 bits per heavy atom. The summed E-state index contributed by atoms with van der Waals surface area (Å²) in [6.07, 6.45) is 0. The lowest BCUT2D eigenvalue weighted by atomic mass is 10.1. The molecule has 1 unspecified atom stereocenters. The third-order valence-corrected chi connectivity index (χ3v) is 4.01. The first-order valence-electron chi connectivity index (χ1n) is 6.94. The zero-order chi connectivity index (χ0) is 14.7. The van der Waals surface area contributed by atoms with Gasteiger partial charge in [-0.25, -0.2) is 9.37 Å². The fourth-order valence-electron chi connectivity index (χ4n) is 2.00. The Morgan fingerprint density at radius 2 is 1.75 bits per heavy atom. The molecule has 0 aliphatic rings. The summed E-state index contributed by atoms with van der Waals surface area (Å²) in [5, 5.41) is 6.66. The van der Waals surface area contributed by atoms with Gasteiger partial charge in [0.1, 0.15) is 10.8 Å². The number of rotatable bonds is 5. The topological polar surface area (TPSA) is 24.9 Å². The maximum Gasteiger partial charge on any atom is 0.123 e. The van der Waals surface area contributed by atoms with Crippen molar-refractivity contribution in [3.8, 4) is 0 Å². The largest absolute Gasteiger partial charge is 0.302 e. The van der Waals surface area contributed by atoms with Gasteiger partial charge in [-0.1, -0.05) is 26.0 Å². The van der Waals surface area contributed by atoms with Gasteiger partial charge in [-0.3, -0.25) is 0 Å². The van der Waals surface area contributed by atoms with Gasteiger partial charge in [-0.15, -0.1) is 11.3 Å². The molecule has 20 heavy (non-hydrogen) atoms. The van der Waals surface area contributed by atoms with Crippen LogP contribution in [0.2, 0.25) is 0 Å². The van der Waals surface area contributed by atoms with Crippen LogP contribution in [0.1, 0.15) is 55.9 Å². The van der Waals surface area contributed by atoms with Crippen molar-refractivity contribution in [3.63, 3.8) is 0 Å². The highest BCUT2D eigenvalue weighted by Gasteiger charge is 2.19. The molecule has 0 bridgehead atoms. The average Bonchev–Trinajstić information content (AvgIpc) is 2.86. The number of benzene rings is 1. The lowest BCUT2D eigenvalue weighted by Crippen LogP contribution is -2.29. The van der Waals surface area contributed by atoms with E-state index >= 15 is 0 Å². The first kappa shape index (κ1) is 15.1. The minimum absolute atomic E-state index is 0.0214. The number of hydrogen-bond donors (Lipinski definition) is 1. The molecule has 0 saturated heterocycles. The normalized spacial score (nSPS) is 13.2. The molecular weight excluding hydrogens is 271 g/mol. The summed E-state index contributed by atoms with van der Waals surface area (Å²) in [5.74, 6) is 0.215. The summed E-state index contributed by atoms with van der Waals surface area (Å²) in [6.45, 7) is 8.49. The Morgan fingerprint density at radius 3 is 2.25 bits per heavy atom. The van der Waals surface area contributed by atoms with Crippen LogP contribution in [0.3, 0.4) is 0 Å². The van der Waals surface area contributed by atoms with Gasteiger partial charge in [-0.2, -0.15) is 0 Å². The fraction of sp³-hybridized carbons (Fsp3) is 0.438.